The number of amides is 1. The summed E-state index contributed by atoms with van der Waals surface area (Å²) in [6.45, 7) is 0. The van der Waals surface area contributed by atoms with E-state index in [-0.39, 0.29) is 11.6 Å². The molecule has 1 aliphatic rings. The van der Waals surface area contributed by atoms with Gasteiger partial charge >= 0.3 is 0 Å². The van der Waals surface area contributed by atoms with Crippen LogP contribution in [0.4, 0.5) is 22.7 Å². The molecule has 3 aromatic rings. The highest BCUT2D eigenvalue weighted by atomic mass is 16.6. The van der Waals surface area contributed by atoms with Crippen LogP contribution in [0.2, 0.25) is 0 Å². The summed E-state index contributed by atoms with van der Waals surface area (Å²) in [7, 11) is 1.64. The summed E-state index contributed by atoms with van der Waals surface area (Å²) in [6.07, 6.45) is -0.575. The molecule has 0 bridgehead atoms. The summed E-state index contributed by atoms with van der Waals surface area (Å²) in [6, 6.07) is 21.5. The zero-order chi connectivity index (χ0) is 19.7. The number of para-hydroxylation sites is 2. The molecule has 0 fully saturated rings. The van der Waals surface area contributed by atoms with E-state index in [2.05, 4.69) is 10.6 Å². The molecule has 3 aromatic carbocycles. The van der Waals surface area contributed by atoms with Gasteiger partial charge in [-0.25, -0.2) is 0 Å². The van der Waals surface area contributed by atoms with E-state index in [1.54, 1.807) is 30.1 Å². The minimum Gasteiger partial charge on any atom is -0.383 e. The fraction of sp³-hybridized carbons (Fsp3) is 0.0952. The fourth-order valence-electron chi connectivity index (χ4n) is 3.42. The second kappa shape index (κ2) is 7.03. The average molecular weight is 374 g/mol. The van der Waals surface area contributed by atoms with Crippen molar-refractivity contribution < 1.29 is 9.72 Å². The van der Waals surface area contributed by atoms with Gasteiger partial charge in [-0.2, -0.15) is 0 Å². The van der Waals surface area contributed by atoms with Crippen LogP contribution in [0.1, 0.15) is 22.1 Å². The number of nitro benzene ring substituents is 1. The van der Waals surface area contributed by atoms with Crippen LogP contribution in [0, 0.1) is 10.1 Å². The third kappa shape index (κ3) is 2.92. The largest absolute Gasteiger partial charge is 0.383 e. The van der Waals surface area contributed by atoms with Gasteiger partial charge in [0.2, 0.25) is 0 Å². The molecule has 0 radical (unpaired) electrons. The molecule has 0 saturated carbocycles. The van der Waals surface area contributed by atoms with E-state index in [1.165, 1.54) is 6.07 Å². The van der Waals surface area contributed by atoms with Gasteiger partial charge in [0, 0.05) is 30.1 Å². The molecule has 1 aliphatic heterocycles. The van der Waals surface area contributed by atoms with Crippen LogP contribution >= 0.6 is 0 Å². The number of fused-ring (bicyclic) bond motifs is 1. The summed E-state index contributed by atoms with van der Waals surface area (Å²) in [5, 5.41) is 17.7. The molecule has 0 saturated heterocycles. The Morgan fingerprint density at radius 1 is 1.04 bits per heavy atom. The summed E-state index contributed by atoms with van der Waals surface area (Å²) >= 11 is 0. The van der Waals surface area contributed by atoms with Crippen molar-refractivity contribution in [1.82, 2.24) is 0 Å². The van der Waals surface area contributed by atoms with Crippen molar-refractivity contribution in [3.05, 3.63) is 94.0 Å². The second-order valence-corrected chi connectivity index (χ2v) is 6.39. The quantitative estimate of drug-likeness (QED) is 0.522. The first-order valence-electron chi connectivity index (χ1n) is 8.80. The van der Waals surface area contributed by atoms with Crippen molar-refractivity contribution in [3.63, 3.8) is 0 Å². The summed E-state index contributed by atoms with van der Waals surface area (Å²) in [5.41, 5.74) is 2.97. The van der Waals surface area contributed by atoms with Gasteiger partial charge in [-0.05, 0) is 30.3 Å². The number of anilines is 3. The van der Waals surface area contributed by atoms with Crippen molar-refractivity contribution in [2.45, 2.75) is 6.17 Å². The monoisotopic (exact) mass is 374 g/mol. The number of nitrogens with zero attached hydrogens (tertiary/aromatic N) is 2. The molecule has 1 heterocycles. The lowest BCUT2D eigenvalue weighted by Crippen LogP contribution is -2.43. The molecule has 0 aromatic heterocycles. The zero-order valence-corrected chi connectivity index (χ0v) is 15.1. The fourth-order valence-corrected chi connectivity index (χ4v) is 3.42. The van der Waals surface area contributed by atoms with Crippen LogP contribution in [0.5, 0.6) is 0 Å². The normalized spacial score (nSPS) is 15.5. The van der Waals surface area contributed by atoms with Crippen LogP contribution < -0.4 is 15.5 Å². The molecule has 1 unspecified atom stereocenters. The number of benzene rings is 3. The van der Waals surface area contributed by atoms with Crippen LogP contribution in [0.15, 0.2) is 72.8 Å². The van der Waals surface area contributed by atoms with E-state index >= 15 is 0 Å². The molecule has 0 aliphatic carbocycles. The Morgan fingerprint density at radius 2 is 1.75 bits per heavy atom. The number of hydrogen-bond acceptors (Lipinski definition) is 5. The Balaban J connectivity index is 1.87. The van der Waals surface area contributed by atoms with E-state index < -0.39 is 11.1 Å². The maximum atomic E-state index is 13.3. The van der Waals surface area contributed by atoms with Gasteiger partial charge in [-0.1, -0.05) is 36.4 Å². The molecule has 4 rings (SSSR count). The molecule has 1 atom stereocenters. The topological polar surface area (TPSA) is 87.5 Å². The lowest BCUT2D eigenvalue weighted by molar-refractivity contribution is -0.384. The zero-order valence-electron chi connectivity index (χ0n) is 15.1. The Kier molecular flexibility index (Phi) is 4.41. The Bertz CT molecular complexity index is 1050. The number of hydrogen-bond donors (Lipinski definition) is 2. The van der Waals surface area contributed by atoms with Gasteiger partial charge < -0.3 is 10.6 Å². The van der Waals surface area contributed by atoms with Gasteiger partial charge in [0.1, 0.15) is 11.9 Å². The molecule has 140 valence electrons. The minimum atomic E-state index is -0.575. The predicted octanol–water partition coefficient (Wildman–Crippen LogP) is 4.41. The summed E-state index contributed by atoms with van der Waals surface area (Å²) < 4.78 is 0. The maximum Gasteiger partial charge on any atom is 0.292 e. The van der Waals surface area contributed by atoms with Crippen molar-refractivity contribution >= 4 is 28.7 Å². The molecule has 7 nitrogen and oxygen atoms in total. The van der Waals surface area contributed by atoms with Gasteiger partial charge in [0.15, 0.2) is 0 Å². The van der Waals surface area contributed by atoms with E-state index in [4.69, 9.17) is 0 Å². The first-order valence-corrected chi connectivity index (χ1v) is 8.80. The first-order chi connectivity index (χ1) is 13.6. The third-order valence-electron chi connectivity index (χ3n) is 4.76. The van der Waals surface area contributed by atoms with Crippen molar-refractivity contribution in [2.24, 2.45) is 0 Å². The number of carbonyl (C=O) groups is 1. The van der Waals surface area contributed by atoms with Gasteiger partial charge in [0.05, 0.1) is 10.5 Å². The highest BCUT2D eigenvalue weighted by Crippen LogP contribution is 2.38. The predicted molar refractivity (Wildman–Crippen MR) is 109 cm³/mol. The molecule has 2 N–H and O–H groups in total. The van der Waals surface area contributed by atoms with Crippen molar-refractivity contribution in [1.29, 1.82) is 0 Å². The van der Waals surface area contributed by atoms with Crippen LogP contribution in [-0.4, -0.2) is 17.9 Å². The molecule has 0 spiro atoms. The highest BCUT2D eigenvalue weighted by molar-refractivity contribution is 6.12. The van der Waals surface area contributed by atoms with E-state index in [9.17, 15) is 14.9 Å². The van der Waals surface area contributed by atoms with Gasteiger partial charge in [-0.3, -0.25) is 19.8 Å². The van der Waals surface area contributed by atoms with Crippen molar-refractivity contribution in [3.8, 4) is 0 Å². The van der Waals surface area contributed by atoms with Gasteiger partial charge in [-0.15, -0.1) is 0 Å². The highest BCUT2D eigenvalue weighted by Gasteiger charge is 2.34. The SMILES string of the molecule is CNc1ccc(C2Nc3ccccc3C(=O)N2c2ccccc2)cc1[N+](=O)[O-]. The first kappa shape index (κ1) is 17.5. The van der Waals surface area contributed by atoms with Crippen LogP contribution in [0.25, 0.3) is 0 Å². The number of carbonyl (C=O) groups excluding carboxylic acids is 1. The van der Waals surface area contributed by atoms with Crippen molar-refractivity contribution in [2.75, 3.05) is 22.6 Å². The summed E-state index contributed by atoms with van der Waals surface area (Å²) in [5.74, 6) is -0.161. The Labute approximate surface area is 161 Å². The summed E-state index contributed by atoms with van der Waals surface area (Å²) in [4.78, 5) is 26.0. The molecular weight excluding hydrogens is 356 g/mol. The maximum absolute atomic E-state index is 13.3. The number of rotatable bonds is 4. The molecule has 7 heteroatoms. The van der Waals surface area contributed by atoms with Crippen LogP contribution in [-0.2, 0) is 0 Å². The standard InChI is InChI=1S/C21H18N4O3/c1-22-18-12-11-14(13-19(18)25(27)28)20-23-17-10-6-5-9-16(17)21(26)24(20)15-7-3-2-4-8-15/h2-13,20,22-23H,1H3. The van der Waals surface area contributed by atoms with Gasteiger partial charge in [0.25, 0.3) is 11.6 Å². The molecule has 1 amide bonds. The third-order valence-corrected chi connectivity index (χ3v) is 4.76. The molecular formula is C21H18N4O3. The van der Waals surface area contributed by atoms with E-state index in [0.717, 1.165) is 0 Å². The lowest BCUT2D eigenvalue weighted by atomic mass is 10.0. The number of nitrogens with one attached hydrogen (secondary N) is 2. The Hall–Kier alpha value is -3.87. The minimum absolute atomic E-state index is 0.0406. The second-order valence-electron chi connectivity index (χ2n) is 6.39. The van der Waals surface area contributed by atoms with Crippen LogP contribution in [0.3, 0.4) is 0 Å². The lowest BCUT2D eigenvalue weighted by Gasteiger charge is -2.38. The van der Waals surface area contributed by atoms with E-state index in [0.29, 0.717) is 28.2 Å². The van der Waals surface area contributed by atoms with E-state index in [1.807, 2.05) is 48.5 Å². The average Bonchev–Trinajstić information content (AvgIpc) is 2.73. The number of nitro groups is 1. The smallest absolute Gasteiger partial charge is 0.292 e. The Morgan fingerprint density at radius 3 is 2.46 bits per heavy atom. The molecule has 28 heavy (non-hydrogen) atoms.